The second-order valence-corrected chi connectivity index (χ2v) is 12.0. The lowest BCUT2D eigenvalue weighted by molar-refractivity contribution is -0.139. The fourth-order valence-corrected chi connectivity index (χ4v) is 4.64. The monoisotopic (exact) mass is 670 g/mol. The predicted molar refractivity (Wildman–Crippen MR) is 177 cm³/mol. The number of rotatable bonds is 9. The Bertz CT molecular complexity index is 1990. The van der Waals surface area contributed by atoms with Crippen molar-refractivity contribution in [3.63, 3.8) is 0 Å². The molecule has 0 aliphatic carbocycles. The normalized spacial score (nSPS) is 11.8. The number of anilines is 2. The number of carboxylic acids is 1. The van der Waals surface area contributed by atoms with E-state index in [1.807, 2.05) is 0 Å². The molecule has 5 aromatic rings. The third kappa shape index (κ3) is 9.00. The summed E-state index contributed by atoms with van der Waals surface area (Å²) in [6.07, 6.45) is 0.666. The summed E-state index contributed by atoms with van der Waals surface area (Å²) in [6.45, 7) is 6.91. The second kappa shape index (κ2) is 14.3. The quantitative estimate of drug-likeness (QED) is 0.127. The van der Waals surface area contributed by atoms with E-state index < -0.39 is 35.6 Å². The Hall–Kier alpha value is -6.18. The lowest BCUT2D eigenvalue weighted by atomic mass is 10.0. The van der Waals surface area contributed by atoms with E-state index in [0.717, 1.165) is 11.6 Å². The molecule has 14 heteroatoms. The number of pyridine rings is 1. The Morgan fingerprint density at radius 2 is 1.61 bits per heavy atom. The minimum absolute atomic E-state index is 0.0184. The predicted octanol–water partition coefficient (Wildman–Crippen LogP) is 7.22. The van der Waals surface area contributed by atoms with Crippen molar-refractivity contribution < 1.29 is 37.5 Å². The number of carbonyl (C=O) groups excluding carboxylic acids is 2. The molecule has 0 saturated carbocycles. The van der Waals surface area contributed by atoms with Gasteiger partial charge < -0.3 is 19.7 Å². The molecule has 2 aromatic heterocycles. The van der Waals surface area contributed by atoms with Crippen LogP contribution in [0.15, 0.2) is 83.5 Å². The first kappa shape index (κ1) is 34.2. The Labute approximate surface area is 279 Å². The largest absolute Gasteiger partial charge is 0.480 e. The molecular formula is C35H32F2N6O6. The highest BCUT2D eigenvalue weighted by Crippen LogP contribution is 2.27. The Morgan fingerprint density at radius 3 is 2.24 bits per heavy atom. The van der Waals surface area contributed by atoms with Gasteiger partial charge in [-0.2, -0.15) is 4.98 Å². The first-order valence-corrected chi connectivity index (χ1v) is 15.0. The van der Waals surface area contributed by atoms with Gasteiger partial charge in [-0.25, -0.2) is 28.1 Å². The van der Waals surface area contributed by atoms with E-state index in [1.165, 1.54) is 30.5 Å². The van der Waals surface area contributed by atoms with Gasteiger partial charge in [-0.1, -0.05) is 17.3 Å². The number of benzene rings is 3. The fourth-order valence-electron chi connectivity index (χ4n) is 4.64. The Kier molecular flexibility index (Phi) is 9.97. The maximum absolute atomic E-state index is 15.2. The molecule has 1 unspecified atom stereocenters. The van der Waals surface area contributed by atoms with Crippen LogP contribution in [-0.2, 0) is 16.0 Å². The summed E-state index contributed by atoms with van der Waals surface area (Å²) < 4.78 is 39.3. The van der Waals surface area contributed by atoms with Crippen molar-refractivity contribution in [2.45, 2.75) is 45.8 Å². The van der Waals surface area contributed by atoms with Crippen LogP contribution in [0.2, 0.25) is 0 Å². The van der Waals surface area contributed by atoms with E-state index in [-0.39, 0.29) is 35.3 Å². The zero-order valence-electron chi connectivity index (χ0n) is 26.9. The summed E-state index contributed by atoms with van der Waals surface area (Å²) in [6, 6.07) is 16.2. The number of aliphatic carboxylic acids is 1. The molecule has 12 nitrogen and oxygen atoms in total. The van der Waals surface area contributed by atoms with E-state index in [0.29, 0.717) is 27.9 Å². The van der Waals surface area contributed by atoms with Crippen LogP contribution in [0.4, 0.5) is 29.9 Å². The maximum atomic E-state index is 15.2. The van der Waals surface area contributed by atoms with Gasteiger partial charge in [0.25, 0.3) is 5.89 Å². The van der Waals surface area contributed by atoms with Crippen LogP contribution in [-0.4, -0.2) is 50.0 Å². The summed E-state index contributed by atoms with van der Waals surface area (Å²) >= 11 is 0. The van der Waals surface area contributed by atoms with E-state index in [2.05, 4.69) is 31.1 Å². The molecular weight excluding hydrogens is 638 g/mol. The molecule has 3 aromatic carbocycles. The van der Waals surface area contributed by atoms with Crippen LogP contribution in [0, 0.1) is 18.6 Å². The van der Waals surface area contributed by atoms with Crippen molar-refractivity contribution in [1.29, 1.82) is 0 Å². The van der Waals surface area contributed by atoms with Crippen molar-refractivity contribution in [1.82, 2.24) is 20.4 Å². The van der Waals surface area contributed by atoms with Gasteiger partial charge in [0.2, 0.25) is 5.82 Å². The number of aryl methyl sites for hydroxylation is 1. The average Bonchev–Trinajstić information content (AvgIpc) is 3.52. The van der Waals surface area contributed by atoms with Crippen molar-refractivity contribution >= 4 is 29.6 Å². The van der Waals surface area contributed by atoms with Crippen molar-refractivity contribution in [3.05, 3.63) is 102 Å². The summed E-state index contributed by atoms with van der Waals surface area (Å²) in [5, 5.41) is 21.1. The molecule has 252 valence electrons. The molecule has 3 amide bonds. The van der Waals surface area contributed by atoms with Crippen molar-refractivity contribution in [2.24, 2.45) is 0 Å². The number of hydrogen-bond acceptors (Lipinski definition) is 8. The number of urea groups is 1. The lowest BCUT2D eigenvalue weighted by Gasteiger charge is -2.19. The number of carboxylic acid groups (broad SMARTS) is 1. The first-order valence-electron chi connectivity index (χ1n) is 15.0. The van der Waals surface area contributed by atoms with E-state index in [1.54, 1.807) is 70.2 Å². The summed E-state index contributed by atoms with van der Waals surface area (Å²) in [7, 11) is 0. The van der Waals surface area contributed by atoms with E-state index in [4.69, 9.17) is 9.26 Å². The van der Waals surface area contributed by atoms with Gasteiger partial charge in [0.05, 0.1) is 5.56 Å². The van der Waals surface area contributed by atoms with Gasteiger partial charge in [-0.05, 0) is 105 Å². The molecule has 2 heterocycles. The molecule has 49 heavy (non-hydrogen) atoms. The second-order valence-electron chi connectivity index (χ2n) is 12.0. The summed E-state index contributed by atoms with van der Waals surface area (Å²) in [4.78, 5) is 45.0. The number of hydrogen-bond donors (Lipinski definition) is 4. The highest BCUT2D eigenvalue weighted by molar-refractivity contribution is 5.91. The number of nitrogens with zero attached hydrogens (tertiary/aromatic N) is 3. The molecule has 1 atom stereocenters. The SMILES string of the molecule is Cc1cc(-c2ccc(NC(=O)NC(Cc3ccc(-c4noc(-c5ccc(NC(=O)OC(C)(C)C)cc5)n4)c(F)c3)C(=O)O)nc2)ccc1F. The van der Waals surface area contributed by atoms with Crippen LogP contribution in [0.3, 0.4) is 0 Å². The van der Waals surface area contributed by atoms with Crippen LogP contribution >= 0.6 is 0 Å². The smallest absolute Gasteiger partial charge is 0.412 e. The Morgan fingerprint density at radius 1 is 0.898 bits per heavy atom. The number of ether oxygens (including phenoxy) is 1. The van der Waals surface area contributed by atoms with Gasteiger partial charge in [0.15, 0.2) is 0 Å². The van der Waals surface area contributed by atoms with Gasteiger partial charge in [0, 0.05) is 29.4 Å². The molecule has 0 spiro atoms. The summed E-state index contributed by atoms with van der Waals surface area (Å²) in [5.41, 5.74) is 2.59. The number of nitrogens with one attached hydrogen (secondary N) is 3. The molecule has 4 N–H and O–H groups in total. The lowest BCUT2D eigenvalue weighted by Crippen LogP contribution is -2.44. The highest BCUT2D eigenvalue weighted by Gasteiger charge is 2.23. The summed E-state index contributed by atoms with van der Waals surface area (Å²) in [5.74, 6) is -2.14. The third-order valence-corrected chi connectivity index (χ3v) is 7.02. The van der Waals surface area contributed by atoms with Crippen LogP contribution < -0.4 is 16.0 Å². The molecule has 5 rings (SSSR count). The molecule has 0 saturated heterocycles. The Balaban J connectivity index is 1.19. The van der Waals surface area contributed by atoms with Crippen LogP contribution in [0.25, 0.3) is 34.0 Å². The van der Waals surface area contributed by atoms with Gasteiger partial charge in [-0.15, -0.1) is 0 Å². The van der Waals surface area contributed by atoms with Crippen molar-refractivity contribution in [2.75, 3.05) is 10.6 Å². The topological polar surface area (TPSA) is 169 Å². The van der Waals surface area contributed by atoms with Gasteiger partial charge in [-0.3, -0.25) is 10.6 Å². The maximum Gasteiger partial charge on any atom is 0.412 e. The number of carbonyl (C=O) groups is 3. The van der Waals surface area contributed by atoms with Gasteiger partial charge in [0.1, 0.15) is 29.1 Å². The molecule has 0 bridgehead atoms. The highest BCUT2D eigenvalue weighted by atomic mass is 19.1. The average molecular weight is 671 g/mol. The molecule has 0 fully saturated rings. The van der Waals surface area contributed by atoms with Crippen molar-refractivity contribution in [3.8, 4) is 34.0 Å². The zero-order valence-corrected chi connectivity index (χ0v) is 26.9. The molecule has 0 aliphatic heterocycles. The van der Waals surface area contributed by atoms with E-state index in [9.17, 15) is 23.9 Å². The minimum atomic E-state index is -1.39. The number of amides is 3. The zero-order chi connectivity index (χ0) is 35.3. The first-order chi connectivity index (χ1) is 23.2. The molecule has 0 radical (unpaired) electrons. The fraction of sp³-hybridized carbons (Fsp3) is 0.200. The van der Waals surface area contributed by atoms with E-state index >= 15 is 4.39 Å². The van der Waals surface area contributed by atoms with Gasteiger partial charge >= 0.3 is 18.1 Å². The number of halogens is 2. The molecule has 0 aliphatic rings. The van der Waals surface area contributed by atoms with Crippen LogP contribution in [0.5, 0.6) is 0 Å². The third-order valence-electron chi connectivity index (χ3n) is 7.02. The minimum Gasteiger partial charge on any atom is -0.480 e. The number of aromatic nitrogens is 3. The van der Waals surface area contributed by atoms with Crippen LogP contribution in [0.1, 0.15) is 31.9 Å². The standard InChI is InChI=1S/C35H32F2N6O6/c1-19-15-22(8-13-26(19)36)23-9-14-29(38-18-23)41-33(46)40-28(32(44)45)17-20-5-12-25(27(37)16-20)30-42-31(49-43-30)21-6-10-24(11-7-21)39-34(47)48-35(2,3)4/h5-16,18,28H,17H2,1-4H3,(H,39,47)(H,44,45)(H2,38,40,41,46).